The van der Waals surface area contributed by atoms with E-state index in [1.165, 1.54) is 0 Å². The van der Waals surface area contributed by atoms with Gasteiger partial charge in [-0.05, 0) is 12.1 Å². The molecule has 0 spiro atoms. The first-order chi connectivity index (χ1) is 11.6. The summed E-state index contributed by atoms with van der Waals surface area (Å²) in [5.41, 5.74) is 0.759. The Morgan fingerprint density at radius 3 is 2.71 bits per heavy atom. The maximum atomic E-state index is 12.3. The number of ether oxygens (including phenoxy) is 1. The molecule has 8 heteroatoms. The van der Waals surface area contributed by atoms with Crippen molar-refractivity contribution in [1.29, 1.82) is 0 Å². The first-order valence-corrected chi connectivity index (χ1v) is 8.77. The van der Waals surface area contributed by atoms with Gasteiger partial charge in [-0.25, -0.2) is 4.79 Å². The van der Waals surface area contributed by atoms with Crippen molar-refractivity contribution in [1.82, 2.24) is 10.2 Å². The Morgan fingerprint density at radius 1 is 1.38 bits per heavy atom. The van der Waals surface area contributed by atoms with E-state index in [1.807, 2.05) is 18.2 Å². The van der Waals surface area contributed by atoms with E-state index >= 15 is 0 Å². The molecule has 3 amide bonds. The highest BCUT2D eigenvalue weighted by atomic mass is 35.5. The van der Waals surface area contributed by atoms with Crippen LogP contribution in [0.4, 0.5) is 10.5 Å². The fraction of sp³-hybridized carbons (Fsp3) is 0.500. The topological polar surface area (TPSA) is 61.9 Å². The zero-order chi connectivity index (χ0) is 17.5. The van der Waals surface area contributed by atoms with E-state index < -0.39 is 0 Å². The third-order valence-electron chi connectivity index (χ3n) is 3.81. The van der Waals surface area contributed by atoms with E-state index in [0.717, 1.165) is 5.69 Å². The highest BCUT2D eigenvalue weighted by molar-refractivity contribution is 6.18. The van der Waals surface area contributed by atoms with Crippen molar-refractivity contribution in [3.05, 3.63) is 24.3 Å². The number of nitrogens with zero attached hydrogens (tertiary/aromatic N) is 2. The Labute approximate surface area is 151 Å². The fourth-order valence-corrected chi connectivity index (χ4v) is 3.03. The van der Waals surface area contributed by atoms with E-state index in [0.29, 0.717) is 37.1 Å². The maximum Gasteiger partial charge on any atom is 0.317 e. The van der Waals surface area contributed by atoms with Crippen molar-refractivity contribution in [3.8, 4) is 5.75 Å². The number of carbonyl (C=O) groups is 2. The summed E-state index contributed by atoms with van der Waals surface area (Å²) in [6, 6.07) is 6.80. The lowest BCUT2D eigenvalue weighted by Crippen LogP contribution is -2.47. The Hall–Kier alpha value is -1.66. The second kappa shape index (κ2) is 8.99. The predicted octanol–water partition coefficient (Wildman–Crippen LogP) is 2.29. The number of rotatable bonds is 7. The molecule has 1 saturated heterocycles. The van der Waals surface area contributed by atoms with Crippen molar-refractivity contribution in [2.45, 2.75) is 12.5 Å². The summed E-state index contributed by atoms with van der Waals surface area (Å²) in [5, 5.41) is 2.88. The number of urea groups is 1. The van der Waals surface area contributed by atoms with Crippen molar-refractivity contribution in [3.63, 3.8) is 0 Å². The highest BCUT2D eigenvalue weighted by Gasteiger charge is 2.32. The third-order valence-corrected chi connectivity index (χ3v) is 4.15. The molecule has 2 rings (SSSR count). The van der Waals surface area contributed by atoms with Crippen LogP contribution in [0.2, 0.25) is 0 Å². The number of hydrogen-bond acceptors (Lipinski definition) is 3. The van der Waals surface area contributed by atoms with Gasteiger partial charge in [0.2, 0.25) is 5.91 Å². The molecule has 6 nitrogen and oxygen atoms in total. The van der Waals surface area contributed by atoms with Gasteiger partial charge in [0, 0.05) is 49.6 Å². The smallest absolute Gasteiger partial charge is 0.317 e. The molecule has 0 unspecified atom stereocenters. The average Bonchev–Trinajstić information content (AvgIpc) is 2.95. The molecule has 1 atom stereocenters. The molecule has 1 N–H and O–H groups in total. The van der Waals surface area contributed by atoms with Crippen LogP contribution in [0.5, 0.6) is 5.75 Å². The summed E-state index contributed by atoms with van der Waals surface area (Å²) in [4.78, 5) is 27.8. The Morgan fingerprint density at radius 2 is 2.08 bits per heavy atom. The molecule has 1 heterocycles. The van der Waals surface area contributed by atoms with Gasteiger partial charge in [-0.1, -0.05) is 6.07 Å². The van der Waals surface area contributed by atoms with Crippen LogP contribution in [0.3, 0.4) is 0 Å². The number of alkyl halides is 2. The standard InChI is InChI=1S/C16H21Cl2N3O3/c1-24-14-4-2-3-13(10-14)21-11-12(9-15(21)22)19-16(23)20(7-5-17)8-6-18/h2-4,10,12H,5-9,11H2,1H3,(H,19,23)/t12-/m1/s1. The number of nitrogens with one attached hydrogen (secondary N) is 1. The molecule has 0 aromatic heterocycles. The molecule has 24 heavy (non-hydrogen) atoms. The lowest BCUT2D eigenvalue weighted by atomic mass is 10.2. The van der Waals surface area contributed by atoms with Crippen LogP contribution < -0.4 is 15.0 Å². The van der Waals surface area contributed by atoms with E-state index in [2.05, 4.69) is 5.32 Å². The van der Waals surface area contributed by atoms with E-state index in [1.54, 1.807) is 23.0 Å². The lowest BCUT2D eigenvalue weighted by Gasteiger charge is -2.23. The summed E-state index contributed by atoms with van der Waals surface area (Å²) < 4.78 is 5.19. The Bertz CT molecular complexity index is 579. The minimum atomic E-state index is -0.249. The van der Waals surface area contributed by atoms with Crippen LogP contribution in [0.15, 0.2) is 24.3 Å². The van der Waals surface area contributed by atoms with Crippen LogP contribution in [0.25, 0.3) is 0 Å². The highest BCUT2D eigenvalue weighted by Crippen LogP contribution is 2.25. The SMILES string of the molecule is COc1cccc(N2C[C@H](NC(=O)N(CCCl)CCCl)CC2=O)c1. The van der Waals surface area contributed by atoms with E-state index in [9.17, 15) is 9.59 Å². The zero-order valence-electron chi connectivity index (χ0n) is 13.5. The van der Waals surface area contributed by atoms with Gasteiger partial charge in [0.25, 0.3) is 0 Å². The van der Waals surface area contributed by atoms with E-state index in [4.69, 9.17) is 27.9 Å². The normalized spacial score (nSPS) is 17.0. The van der Waals surface area contributed by atoms with Crippen LogP contribution in [0.1, 0.15) is 6.42 Å². The van der Waals surface area contributed by atoms with Crippen LogP contribution in [-0.4, -0.2) is 61.4 Å². The number of benzene rings is 1. The van der Waals surface area contributed by atoms with Gasteiger partial charge in [0.1, 0.15) is 5.75 Å². The predicted molar refractivity (Wildman–Crippen MR) is 95.3 cm³/mol. The molecule has 0 radical (unpaired) electrons. The van der Waals surface area contributed by atoms with Crippen molar-refractivity contribution >= 4 is 40.8 Å². The number of anilines is 1. The third kappa shape index (κ3) is 4.68. The summed E-state index contributed by atoms with van der Waals surface area (Å²) in [5.74, 6) is 1.33. The second-order valence-electron chi connectivity index (χ2n) is 5.42. The van der Waals surface area contributed by atoms with Crippen molar-refractivity contribution in [2.75, 3.05) is 43.4 Å². The van der Waals surface area contributed by atoms with Crippen molar-refractivity contribution < 1.29 is 14.3 Å². The molecule has 0 aliphatic carbocycles. The van der Waals surface area contributed by atoms with Gasteiger partial charge in [0.05, 0.1) is 13.2 Å². The zero-order valence-corrected chi connectivity index (χ0v) is 15.0. The molecule has 1 aliphatic rings. The van der Waals surface area contributed by atoms with Gasteiger partial charge >= 0.3 is 6.03 Å². The van der Waals surface area contributed by atoms with Gasteiger partial charge < -0.3 is 19.9 Å². The Kier molecular flexibility index (Phi) is 6.99. The average molecular weight is 374 g/mol. The molecular weight excluding hydrogens is 353 g/mol. The molecule has 0 saturated carbocycles. The molecule has 1 aromatic rings. The lowest BCUT2D eigenvalue weighted by molar-refractivity contribution is -0.117. The first-order valence-electron chi connectivity index (χ1n) is 7.70. The van der Waals surface area contributed by atoms with Gasteiger partial charge in [-0.3, -0.25) is 4.79 Å². The maximum absolute atomic E-state index is 12.3. The van der Waals surface area contributed by atoms with Crippen LogP contribution in [-0.2, 0) is 4.79 Å². The number of hydrogen-bond donors (Lipinski definition) is 1. The molecule has 1 aromatic carbocycles. The number of methoxy groups -OCH3 is 1. The van der Waals surface area contributed by atoms with Crippen LogP contribution >= 0.6 is 23.2 Å². The molecule has 0 bridgehead atoms. The summed E-state index contributed by atoms with van der Waals surface area (Å²) in [6.07, 6.45) is 0.262. The largest absolute Gasteiger partial charge is 0.497 e. The quantitative estimate of drug-likeness (QED) is 0.745. The number of amides is 3. The van der Waals surface area contributed by atoms with Gasteiger partial charge in [-0.15, -0.1) is 23.2 Å². The van der Waals surface area contributed by atoms with Crippen molar-refractivity contribution in [2.24, 2.45) is 0 Å². The minimum absolute atomic E-state index is 0.0326. The number of carbonyl (C=O) groups excluding carboxylic acids is 2. The molecule has 1 fully saturated rings. The minimum Gasteiger partial charge on any atom is -0.497 e. The number of halogens is 2. The van der Waals surface area contributed by atoms with Gasteiger partial charge in [-0.2, -0.15) is 0 Å². The van der Waals surface area contributed by atoms with E-state index in [-0.39, 0.29) is 24.4 Å². The monoisotopic (exact) mass is 373 g/mol. The summed E-state index contributed by atoms with van der Waals surface area (Å²) in [7, 11) is 1.58. The van der Waals surface area contributed by atoms with Gasteiger partial charge in [0.15, 0.2) is 0 Å². The van der Waals surface area contributed by atoms with Crippen LogP contribution in [0, 0.1) is 0 Å². The molecular formula is C16H21Cl2N3O3. The fourth-order valence-electron chi connectivity index (χ4n) is 2.62. The molecule has 1 aliphatic heterocycles. The summed E-state index contributed by atoms with van der Waals surface area (Å²) >= 11 is 11.4. The summed E-state index contributed by atoms with van der Waals surface area (Å²) in [6.45, 7) is 1.26. The second-order valence-corrected chi connectivity index (χ2v) is 6.18. The Balaban J connectivity index is 1.99. The first kappa shape index (κ1) is 18.7. The molecule has 132 valence electrons.